The van der Waals surface area contributed by atoms with Crippen LogP contribution in [-0.4, -0.2) is 25.9 Å². The Balaban J connectivity index is 1.78. The van der Waals surface area contributed by atoms with E-state index in [1.54, 1.807) is 53.2 Å². The van der Waals surface area contributed by atoms with Crippen LogP contribution in [0.1, 0.15) is 11.1 Å². The largest absolute Gasteiger partial charge is 0.416 e. The van der Waals surface area contributed by atoms with E-state index in [0.717, 1.165) is 11.6 Å². The van der Waals surface area contributed by atoms with Crippen molar-refractivity contribution in [2.75, 3.05) is 7.11 Å². The summed E-state index contributed by atoms with van der Waals surface area (Å²) in [6.07, 6.45) is -2.81. The molecule has 1 unspecified atom stereocenters. The molecular formula is C21H16F3N3O2S. The van der Waals surface area contributed by atoms with Crippen LogP contribution in [0.3, 0.4) is 0 Å². The van der Waals surface area contributed by atoms with Crippen molar-refractivity contribution in [3.63, 3.8) is 0 Å². The maximum Gasteiger partial charge on any atom is 0.416 e. The summed E-state index contributed by atoms with van der Waals surface area (Å²) in [5, 5.41) is 4.51. The number of aryl methyl sites for hydroxylation is 1. The Morgan fingerprint density at radius 3 is 2.37 bits per heavy atom. The van der Waals surface area contributed by atoms with Crippen molar-refractivity contribution in [3.05, 3.63) is 71.9 Å². The first-order chi connectivity index (χ1) is 14.3. The van der Waals surface area contributed by atoms with Crippen molar-refractivity contribution in [1.29, 1.82) is 0 Å². The maximum absolute atomic E-state index is 13.3. The first-order valence-electron chi connectivity index (χ1n) is 8.87. The molecule has 0 saturated carbocycles. The minimum Gasteiger partial charge on any atom is -0.290 e. The number of imidazole rings is 1. The highest BCUT2D eigenvalue weighted by Crippen LogP contribution is 2.34. The zero-order valence-corrected chi connectivity index (χ0v) is 16.8. The number of alkyl halides is 3. The fourth-order valence-electron chi connectivity index (χ4n) is 3.14. The van der Waals surface area contributed by atoms with E-state index in [0.29, 0.717) is 27.5 Å². The average molecular weight is 431 g/mol. The predicted octanol–water partition coefficient (Wildman–Crippen LogP) is 5.06. The lowest BCUT2D eigenvalue weighted by molar-refractivity contribution is -0.138. The molecule has 0 spiro atoms. The molecule has 2 heterocycles. The van der Waals surface area contributed by atoms with Crippen LogP contribution in [0.5, 0.6) is 0 Å². The Bertz CT molecular complexity index is 1250. The van der Waals surface area contributed by atoms with Gasteiger partial charge in [0.2, 0.25) is 0 Å². The molecule has 0 amide bonds. The molecule has 0 fully saturated rings. The van der Waals surface area contributed by atoms with Gasteiger partial charge in [0.15, 0.2) is 16.7 Å². The van der Waals surface area contributed by atoms with Gasteiger partial charge in [-0.2, -0.15) is 18.3 Å². The van der Waals surface area contributed by atoms with Crippen molar-refractivity contribution in [3.8, 4) is 22.5 Å². The van der Waals surface area contributed by atoms with Crippen LogP contribution in [-0.2, 0) is 21.4 Å². The van der Waals surface area contributed by atoms with E-state index in [1.165, 1.54) is 20.1 Å². The molecule has 0 radical (unpaired) electrons. The Hall–Kier alpha value is -3.04. The van der Waals surface area contributed by atoms with Gasteiger partial charge in [0, 0.05) is 11.1 Å². The van der Waals surface area contributed by atoms with Crippen molar-refractivity contribution in [1.82, 2.24) is 14.6 Å². The van der Waals surface area contributed by atoms with Crippen molar-refractivity contribution >= 4 is 16.7 Å². The van der Waals surface area contributed by atoms with Gasteiger partial charge in [-0.15, -0.1) is 0 Å². The van der Waals surface area contributed by atoms with Gasteiger partial charge in [-0.05, 0) is 42.8 Å². The SMILES string of the molecule is COS(=O)c1ccc(-c2cnc3ccc(-c4ccc(C)c(C(F)(F)F)c4)nn23)cc1. The molecular weight excluding hydrogens is 415 g/mol. The second kappa shape index (κ2) is 7.66. The highest BCUT2D eigenvalue weighted by molar-refractivity contribution is 7.80. The lowest BCUT2D eigenvalue weighted by Crippen LogP contribution is -2.07. The third-order valence-corrected chi connectivity index (χ3v) is 5.65. The first kappa shape index (κ1) is 20.2. The summed E-state index contributed by atoms with van der Waals surface area (Å²) in [6.45, 7) is 1.43. The van der Waals surface area contributed by atoms with Gasteiger partial charge in [0.25, 0.3) is 0 Å². The fourth-order valence-corrected chi connectivity index (χ4v) is 3.69. The minimum atomic E-state index is -4.44. The van der Waals surface area contributed by atoms with E-state index in [9.17, 15) is 17.4 Å². The summed E-state index contributed by atoms with van der Waals surface area (Å²) in [6, 6.07) is 14.4. The van der Waals surface area contributed by atoms with Gasteiger partial charge in [-0.3, -0.25) is 4.18 Å². The Morgan fingerprint density at radius 2 is 1.70 bits per heavy atom. The summed E-state index contributed by atoms with van der Waals surface area (Å²) >= 11 is -1.54. The zero-order chi connectivity index (χ0) is 21.5. The van der Waals surface area contributed by atoms with Crippen molar-refractivity contribution in [2.45, 2.75) is 18.0 Å². The normalized spacial score (nSPS) is 13.0. The quantitative estimate of drug-likeness (QED) is 0.453. The number of aromatic nitrogens is 3. The van der Waals surface area contributed by atoms with Crippen LogP contribution in [0.4, 0.5) is 13.2 Å². The van der Waals surface area contributed by atoms with Crippen LogP contribution < -0.4 is 0 Å². The molecule has 0 aliphatic carbocycles. The molecule has 0 aliphatic heterocycles. The second-order valence-electron chi connectivity index (χ2n) is 6.59. The number of fused-ring (bicyclic) bond motifs is 1. The molecule has 4 aromatic rings. The molecule has 5 nitrogen and oxygen atoms in total. The number of halogens is 3. The molecule has 30 heavy (non-hydrogen) atoms. The molecule has 0 aliphatic rings. The van der Waals surface area contributed by atoms with Gasteiger partial charge in [0.1, 0.15) is 0 Å². The summed E-state index contributed by atoms with van der Waals surface area (Å²) in [7, 11) is 1.36. The first-order valence-corrected chi connectivity index (χ1v) is 9.95. The van der Waals surface area contributed by atoms with Crippen LogP contribution in [0.25, 0.3) is 28.2 Å². The standard InChI is InChI=1S/C21H16F3N3O2S/c1-13-3-4-15(11-17(13)21(22,23)24)18-9-10-20-25-12-19(27(20)26-18)14-5-7-16(8-6-14)30(28)29-2/h3-12H,1-2H3. The molecule has 2 aromatic carbocycles. The molecule has 0 N–H and O–H groups in total. The fraction of sp³-hybridized carbons (Fsp3) is 0.143. The van der Waals surface area contributed by atoms with Crippen LogP contribution in [0.15, 0.2) is 65.7 Å². The third-order valence-electron chi connectivity index (χ3n) is 4.69. The molecule has 154 valence electrons. The summed E-state index contributed by atoms with van der Waals surface area (Å²) in [4.78, 5) is 4.83. The highest BCUT2D eigenvalue weighted by atomic mass is 32.2. The van der Waals surface area contributed by atoms with E-state index in [-0.39, 0.29) is 5.56 Å². The van der Waals surface area contributed by atoms with E-state index >= 15 is 0 Å². The molecule has 0 saturated heterocycles. The van der Waals surface area contributed by atoms with E-state index in [2.05, 4.69) is 10.1 Å². The molecule has 4 rings (SSSR count). The minimum absolute atomic E-state index is 0.157. The topological polar surface area (TPSA) is 56.5 Å². The van der Waals surface area contributed by atoms with E-state index in [4.69, 9.17) is 4.18 Å². The van der Waals surface area contributed by atoms with Crippen LogP contribution >= 0.6 is 0 Å². The Morgan fingerprint density at radius 1 is 1.00 bits per heavy atom. The van der Waals surface area contributed by atoms with Gasteiger partial charge in [0.05, 0.1) is 35.2 Å². The van der Waals surface area contributed by atoms with Gasteiger partial charge in [-0.25, -0.2) is 13.7 Å². The predicted molar refractivity (Wildman–Crippen MR) is 107 cm³/mol. The number of hydrogen-bond acceptors (Lipinski definition) is 4. The van der Waals surface area contributed by atoms with Gasteiger partial charge in [-0.1, -0.05) is 24.3 Å². The summed E-state index contributed by atoms with van der Waals surface area (Å²) in [5.41, 5.74) is 2.21. The molecule has 0 bridgehead atoms. The van der Waals surface area contributed by atoms with E-state index in [1.807, 2.05) is 0 Å². The van der Waals surface area contributed by atoms with Crippen molar-refractivity contribution in [2.24, 2.45) is 0 Å². The van der Waals surface area contributed by atoms with Crippen LogP contribution in [0.2, 0.25) is 0 Å². The summed E-state index contributed by atoms with van der Waals surface area (Å²) in [5.74, 6) is 0. The van der Waals surface area contributed by atoms with Gasteiger partial charge >= 0.3 is 6.18 Å². The maximum atomic E-state index is 13.3. The molecule has 2 aromatic heterocycles. The average Bonchev–Trinajstić information content (AvgIpc) is 3.16. The Kier molecular flexibility index (Phi) is 5.17. The lowest BCUT2D eigenvalue weighted by Gasteiger charge is -2.12. The second-order valence-corrected chi connectivity index (χ2v) is 7.86. The molecule has 1 atom stereocenters. The number of rotatable bonds is 4. The monoisotopic (exact) mass is 431 g/mol. The molecule has 9 heteroatoms. The zero-order valence-electron chi connectivity index (χ0n) is 16.0. The third kappa shape index (κ3) is 3.73. The highest BCUT2D eigenvalue weighted by Gasteiger charge is 2.32. The smallest absolute Gasteiger partial charge is 0.290 e. The number of nitrogens with zero attached hydrogens (tertiary/aromatic N) is 3. The van der Waals surface area contributed by atoms with E-state index < -0.39 is 22.8 Å². The lowest BCUT2D eigenvalue weighted by atomic mass is 10.0. The van der Waals surface area contributed by atoms with Crippen molar-refractivity contribution < 1.29 is 21.6 Å². The summed E-state index contributed by atoms with van der Waals surface area (Å²) < 4.78 is 58.0. The van der Waals surface area contributed by atoms with Crippen LogP contribution in [0, 0.1) is 6.92 Å². The Labute approximate surface area is 172 Å². The number of hydrogen-bond donors (Lipinski definition) is 0. The number of benzene rings is 2. The van der Waals surface area contributed by atoms with Gasteiger partial charge < -0.3 is 0 Å².